The molecule has 0 fully saturated rings. The van der Waals surface area contributed by atoms with Crippen LogP contribution in [0.1, 0.15) is 0 Å². The molecule has 0 spiro atoms. The quantitative estimate of drug-likeness (QED) is 0.413. The lowest BCUT2D eigenvalue weighted by Gasteiger charge is -2.06. The monoisotopic (exact) mass is 213 g/mol. The molecule has 0 unspecified atom stereocenters. The highest BCUT2D eigenvalue weighted by molar-refractivity contribution is 6.33. The van der Waals surface area contributed by atoms with E-state index >= 15 is 0 Å². The number of nitro groups is 1. The third kappa shape index (κ3) is 3.11. The van der Waals surface area contributed by atoms with Crippen molar-refractivity contribution in [3.05, 3.63) is 28.3 Å². The van der Waals surface area contributed by atoms with E-state index in [0.29, 0.717) is 0 Å². The molecule has 0 radical (unpaired) electrons. The summed E-state index contributed by atoms with van der Waals surface area (Å²) in [5.41, 5.74) is -0.259. The van der Waals surface area contributed by atoms with E-state index in [2.05, 4.69) is 4.65 Å². The molecule has 80 valence electrons. The van der Waals surface area contributed by atoms with Crippen molar-refractivity contribution in [2.75, 3.05) is 7.11 Å². The predicted molar refractivity (Wildman–Crippen MR) is 50.5 cm³/mol. The maximum atomic E-state index is 10.5. The van der Waals surface area contributed by atoms with Crippen molar-refractivity contribution in [3.8, 4) is 11.5 Å². The Labute approximate surface area is 85.2 Å². The van der Waals surface area contributed by atoms with Crippen molar-refractivity contribution >= 4 is 13.0 Å². The van der Waals surface area contributed by atoms with Gasteiger partial charge in [-0.25, -0.2) is 0 Å². The Hall–Kier alpha value is -1.80. The molecule has 0 amide bonds. The number of ether oxygens (including phenoxy) is 1. The Balaban J connectivity index is 3.05. The molecule has 8 heteroatoms. The Morgan fingerprint density at radius 2 is 1.93 bits per heavy atom. The van der Waals surface area contributed by atoms with Gasteiger partial charge in [0, 0.05) is 6.07 Å². The molecule has 0 saturated carbocycles. The van der Waals surface area contributed by atoms with Gasteiger partial charge in [0.25, 0.3) is 5.69 Å². The van der Waals surface area contributed by atoms with Gasteiger partial charge < -0.3 is 19.4 Å². The highest BCUT2D eigenvalue weighted by Gasteiger charge is 2.16. The number of nitrogens with zero attached hydrogens (tertiary/aromatic N) is 1. The van der Waals surface area contributed by atoms with E-state index in [1.54, 1.807) is 0 Å². The average Bonchev–Trinajstić information content (AvgIpc) is 2.16. The summed E-state index contributed by atoms with van der Waals surface area (Å²) < 4.78 is 9.25. The fourth-order valence-corrected chi connectivity index (χ4v) is 0.970. The number of benzene rings is 1. The molecule has 0 aliphatic heterocycles. The molecule has 0 aliphatic carbocycles. The highest BCUT2D eigenvalue weighted by atomic mass is 16.6. The zero-order valence-electron chi connectivity index (χ0n) is 7.78. The van der Waals surface area contributed by atoms with Gasteiger partial charge in [0.1, 0.15) is 11.5 Å². The van der Waals surface area contributed by atoms with Gasteiger partial charge in [0.05, 0.1) is 24.2 Å². The summed E-state index contributed by atoms with van der Waals surface area (Å²) in [6, 6.07) is 3.55. The van der Waals surface area contributed by atoms with E-state index in [1.165, 1.54) is 19.2 Å². The topological polar surface area (TPSA) is 102 Å². The van der Waals surface area contributed by atoms with Crippen molar-refractivity contribution in [2.45, 2.75) is 0 Å². The number of rotatable bonds is 4. The minimum atomic E-state index is -2.03. The van der Waals surface area contributed by atoms with E-state index in [1.807, 2.05) is 0 Å². The summed E-state index contributed by atoms with van der Waals surface area (Å²) in [5, 5.41) is 27.5. The number of nitro benzene ring substituents is 1. The molecule has 7 nitrogen and oxygen atoms in total. The van der Waals surface area contributed by atoms with Gasteiger partial charge in [-0.1, -0.05) is 0 Å². The Morgan fingerprint density at radius 3 is 2.40 bits per heavy atom. The van der Waals surface area contributed by atoms with Crippen LogP contribution < -0.4 is 9.39 Å². The minimum Gasteiger partial charge on any atom is -0.512 e. The molecule has 0 heterocycles. The molecular formula is C7H8BNO6. The van der Waals surface area contributed by atoms with Crippen molar-refractivity contribution in [1.29, 1.82) is 0 Å². The second-order valence-electron chi connectivity index (χ2n) is 2.57. The normalized spacial score (nSPS) is 9.53. The number of non-ortho nitro benzene ring substituents is 1. The second kappa shape index (κ2) is 4.62. The molecule has 1 aromatic carbocycles. The van der Waals surface area contributed by atoms with E-state index in [4.69, 9.17) is 14.8 Å². The molecular weight excluding hydrogens is 205 g/mol. The van der Waals surface area contributed by atoms with Gasteiger partial charge in [-0.05, 0) is 0 Å². The third-order valence-corrected chi connectivity index (χ3v) is 1.55. The van der Waals surface area contributed by atoms with Crippen LogP contribution in [0.4, 0.5) is 5.69 Å². The second-order valence-corrected chi connectivity index (χ2v) is 2.57. The van der Waals surface area contributed by atoms with Crippen LogP contribution in [0, 0.1) is 10.1 Å². The fourth-order valence-electron chi connectivity index (χ4n) is 0.970. The van der Waals surface area contributed by atoms with Crippen molar-refractivity contribution in [2.24, 2.45) is 0 Å². The van der Waals surface area contributed by atoms with Crippen LogP contribution in [0.3, 0.4) is 0 Å². The Bertz CT molecular complexity index is 368. The molecule has 15 heavy (non-hydrogen) atoms. The van der Waals surface area contributed by atoms with E-state index in [-0.39, 0.29) is 17.2 Å². The molecule has 0 bridgehead atoms. The first-order chi connectivity index (χ1) is 7.02. The molecule has 2 N–H and O–H groups in total. The first-order valence-electron chi connectivity index (χ1n) is 3.89. The van der Waals surface area contributed by atoms with Crippen molar-refractivity contribution < 1.29 is 24.4 Å². The van der Waals surface area contributed by atoms with Gasteiger partial charge in [-0.15, -0.1) is 0 Å². The minimum absolute atomic E-state index is 0.0592. The van der Waals surface area contributed by atoms with E-state index in [9.17, 15) is 10.1 Å². The highest BCUT2D eigenvalue weighted by Crippen LogP contribution is 2.27. The summed E-state index contributed by atoms with van der Waals surface area (Å²) in [6.07, 6.45) is 0. The van der Waals surface area contributed by atoms with Gasteiger partial charge in [-0.3, -0.25) is 10.1 Å². The Morgan fingerprint density at radius 1 is 1.33 bits per heavy atom. The first-order valence-corrected chi connectivity index (χ1v) is 3.89. The zero-order chi connectivity index (χ0) is 11.4. The fraction of sp³-hybridized carbons (Fsp3) is 0.143. The van der Waals surface area contributed by atoms with E-state index in [0.717, 1.165) is 6.07 Å². The van der Waals surface area contributed by atoms with Crippen LogP contribution in [-0.4, -0.2) is 29.4 Å². The van der Waals surface area contributed by atoms with Crippen LogP contribution in [0.25, 0.3) is 0 Å². The average molecular weight is 213 g/mol. The van der Waals surface area contributed by atoms with Gasteiger partial charge >= 0.3 is 7.32 Å². The predicted octanol–water partition coefficient (Wildman–Crippen LogP) is -0.0483. The van der Waals surface area contributed by atoms with Crippen LogP contribution >= 0.6 is 0 Å². The number of hydrogen-bond donors (Lipinski definition) is 2. The summed E-state index contributed by atoms with van der Waals surface area (Å²) in [6.45, 7) is 0. The van der Waals surface area contributed by atoms with Crippen molar-refractivity contribution in [3.63, 3.8) is 0 Å². The van der Waals surface area contributed by atoms with Crippen LogP contribution in [0.15, 0.2) is 18.2 Å². The molecule has 1 aromatic rings. The molecule has 0 saturated heterocycles. The third-order valence-electron chi connectivity index (χ3n) is 1.55. The lowest BCUT2D eigenvalue weighted by Crippen LogP contribution is -2.20. The zero-order valence-corrected chi connectivity index (χ0v) is 7.78. The molecule has 1 rings (SSSR count). The van der Waals surface area contributed by atoms with Crippen LogP contribution in [-0.2, 0) is 0 Å². The number of methoxy groups -OCH3 is 1. The maximum absolute atomic E-state index is 10.5. The standard InChI is InChI=1S/C7H8BNO6/c1-14-6-2-5(9(12)13)3-7(4-6)15-8(10)11/h2-4,10-11H,1H3. The molecule has 0 atom stereocenters. The number of hydrogen-bond acceptors (Lipinski definition) is 6. The van der Waals surface area contributed by atoms with Gasteiger partial charge in [-0.2, -0.15) is 0 Å². The van der Waals surface area contributed by atoms with Gasteiger partial charge in [0.2, 0.25) is 0 Å². The summed E-state index contributed by atoms with van der Waals surface area (Å²) in [5.74, 6) is 0.135. The van der Waals surface area contributed by atoms with Gasteiger partial charge in [0.15, 0.2) is 0 Å². The Kier molecular flexibility index (Phi) is 3.48. The maximum Gasteiger partial charge on any atom is 0.707 e. The summed E-state index contributed by atoms with van der Waals surface area (Å²) >= 11 is 0. The van der Waals surface area contributed by atoms with Crippen LogP contribution in [0.5, 0.6) is 11.5 Å². The molecule has 0 aromatic heterocycles. The smallest absolute Gasteiger partial charge is 0.512 e. The van der Waals surface area contributed by atoms with Crippen LogP contribution in [0.2, 0.25) is 0 Å². The summed E-state index contributed by atoms with van der Waals surface area (Å²) in [7, 11) is -0.699. The van der Waals surface area contributed by atoms with Crippen molar-refractivity contribution in [1.82, 2.24) is 0 Å². The SMILES string of the molecule is COc1cc(OB(O)O)cc([N+](=O)[O-])c1. The first kappa shape index (κ1) is 11.3. The van der Waals surface area contributed by atoms with E-state index < -0.39 is 12.2 Å². The lowest BCUT2D eigenvalue weighted by molar-refractivity contribution is -0.385. The summed E-state index contributed by atoms with van der Waals surface area (Å²) in [4.78, 5) is 9.84. The largest absolute Gasteiger partial charge is 0.707 e. The molecule has 0 aliphatic rings. The lowest BCUT2D eigenvalue weighted by atomic mass is 10.2.